The minimum atomic E-state index is -0.915. The van der Waals surface area contributed by atoms with Gasteiger partial charge in [-0.05, 0) is 69.6 Å². The number of carbonyl (C=O) groups is 2. The Morgan fingerprint density at radius 3 is 1.87 bits per heavy atom. The van der Waals surface area contributed by atoms with Crippen molar-refractivity contribution in [1.82, 2.24) is 5.32 Å². The molecule has 0 aromatic heterocycles. The van der Waals surface area contributed by atoms with Crippen LogP contribution in [0.4, 0.5) is 0 Å². The molecule has 0 aromatic carbocycles. The fourth-order valence-corrected chi connectivity index (χ4v) is 4.31. The molecule has 1 saturated carbocycles. The van der Waals surface area contributed by atoms with Crippen molar-refractivity contribution in [1.29, 1.82) is 0 Å². The van der Waals surface area contributed by atoms with Gasteiger partial charge in [0, 0.05) is 18.9 Å². The van der Waals surface area contributed by atoms with Crippen LogP contribution in [0.25, 0.3) is 0 Å². The summed E-state index contributed by atoms with van der Waals surface area (Å²) in [7, 11) is 0. The molecule has 1 rings (SSSR count). The molecule has 0 aromatic rings. The predicted molar refractivity (Wildman–Crippen MR) is 123 cm³/mol. The van der Waals surface area contributed by atoms with E-state index in [0.29, 0.717) is 31.7 Å². The molecule has 1 aliphatic carbocycles. The summed E-state index contributed by atoms with van der Waals surface area (Å²) >= 11 is 0. The summed E-state index contributed by atoms with van der Waals surface area (Å²) in [4.78, 5) is 22.8. The van der Waals surface area contributed by atoms with Crippen LogP contribution in [-0.2, 0) is 9.59 Å². The number of allylic oxidation sites excluding steroid dienone is 2. The van der Waals surface area contributed by atoms with Crippen molar-refractivity contribution < 1.29 is 44.3 Å². The zero-order valence-corrected chi connectivity index (χ0v) is 22.5. The van der Waals surface area contributed by atoms with Crippen LogP contribution < -0.4 is 40.0 Å². The van der Waals surface area contributed by atoms with E-state index in [0.717, 1.165) is 25.7 Å². The molecule has 5 heteroatoms. The van der Waals surface area contributed by atoms with Crippen molar-refractivity contribution in [3.63, 3.8) is 0 Å². The maximum Gasteiger partial charge on any atom is 1.00 e. The van der Waals surface area contributed by atoms with E-state index in [4.69, 9.17) is 0 Å². The average Bonchev–Trinajstić information content (AvgIpc) is 2.75. The first-order chi connectivity index (χ1) is 14.6. The van der Waals surface area contributed by atoms with Gasteiger partial charge in [-0.25, -0.2) is 0 Å². The van der Waals surface area contributed by atoms with Gasteiger partial charge in [-0.2, -0.15) is 0 Å². The smallest absolute Gasteiger partial charge is 0.550 e. The zero-order valence-electron chi connectivity index (χ0n) is 20.5. The van der Waals surface area contributed by atoms with Gasteiger partial charge in [0.05, 0.1) is 0 Å². The zero-order chi connectivity index (χ0) is 21.9. The van der Waals surface area contributed by atoms with Gasteiger partial charge in [0.25, 0.3) is 0 Å². The molecular weight excluding hydrogens is 397 g/mol. The molecule has 31 heavy (non-hydrogen) atoms. The minimum Gasteiger partial charge on any atom is -0.550 e. The Morgan fingerprint density at radius 2 is 1.32 bits per heavy atom. The third-order valence-corrected chi connectivity index (χ3v) is 6.43. The maximum absolute atomic E-state index is 12.0. The number of rotatable bonds is 18. The van der Waals surface area contributed by atoms with Gasteiger partial charge in [-0.15, -0.1) is 0 Å². The third-order valence-electron chi connectivity index (χ3n) is 6.43. The van der Waals surface area contributed by atoms with Crippen molar-refractivity contribution in [2.45, 2.75) is 122 Å². The molecule has 0 heterocycles. The van der Waals surface area contributed by atoms with Crippen LogP contribution >= 0.6 is 0 Å². The number of unbranched alkanes of at least 4 members (excludes halogenated alkanes) is 11. The standard InChI is InChI=1S/C26H47NO3.Na/c1-2-3-4-5-6-7-8-9-10-11-12-13-14-15-16-17-25(28)27-22-23-18-20-24(21-19-23)26(29)30;/h9-10,23-24H,2-8,11-22H2,1H3,(H,27,28)(H,29,30);/q;+1/p-1/b10-9-;. The van der Waals surface area contributed by atoms with Crippen molar-refractivity contribution in [2.75, 3.05) is 6.54 Å². The van der Waals surface area contributed by atoms with Crippen LogP contribution in [0.15, 0.2) is 12.2 Å². The fraction of sp³-hybridized carbons (Fsp3) is 0.846. The van der Waals surface area contributed by atoms with E-state index in [2.05, 4.69) is 24.4 Å². The molecule has 0 spiro atoms. The normalized spacial score (nSPS) is 18.6. The van der Waals surface area contributed by atoms with Crippen molar-refractivity contribution in [3.05, 3.63) is 12.2 Å². The summed E-state index contributed by atoms with van der Waals surface area (Å²) in [6.45, 7) is 2.96. The predicted octanol–water partition coefficient (Wildman–Crippen LogP) is 2.70. The monoisotopic (exact) mass is 443 g/mol. The molecule has 0 bridgehead atoms. The Hall–Kier alpha value is -0.320. The van der Waals surface area contributed by atoms with Gasteiger partial charge >= 0.3 is 29.6 Å². The molecular formula is C26H46NNaO3. The summed E-state index contributed by atoms with van der Waals surface area (Å²) in [6.07, 6.45) is 24.9. The second-order valence-corrected chi connectivity index (χ2v) is 9.18. The summed E-state index contributed by atoms with van der Waals surface area (Å²) in [5, 5.41) is 13.9. The first-order valence-electron chi connectivity index (χ1n) is 12.8. The summed E-state index contributed by atoms with van der Waals surface area (Å²) in [5.74, 6) is -0.622. The van der Waals surface area contributed by atoms with Crippen molar-refractivity contribution in [2.24, 2.45) is 11.8 Å². The van der Waals surface area contributed by atoms with Crippen LogP contribution in [0.3, 0.4) is 0 Å². The Kier molecular flexibility index (Phi) is 21.3. The largest absolute Gasteiger partial charge is 1.00 e. The molecule has 0 unspecified atom stereocenters. The van der Waals surface area contributed by atoms with Gasteiger partial charge in [-0.3, -0.25) is 4.79 Å². The number of nitrogens with one attached hydrogen (secondary N) is 1. The van der Waals surface area contributed by atoms with Crippen molar-refractivity contribution in [3.8, 4) is 0 Å². The van der Waals surface area contributed by atoms with Crippen LogP contribution in [0, 0.1) is 11.8 Å². The van der Waals surface area contributed by atoms with Gasteiger partial charge in [0.15, 0.2) is 0 Å². The quantitative estimate of drug-likeness (QED) is 0.201. The molecule has 1 amide bonds. The molecule has 0 aliphatic heterocycles. The van der Waals surface area contributed by atoms with E-state index in [1.165, 1.54) is 70.6 Å². The number of carboxylic acid groups (broad SMARTS) is 1. The molecule has 1 aliphatic rings. The number of carbonyl (C=O) groups excluding carboxylic acids is 2. The van der Waals surface area contributed by atoms with Crippen LogP contribution in [0.1, 0.15) is 122 Å². The van der Waals surface area contributed by atoms with Gasteiger partial charge in [0.2, 0.25) is 5.91 Å². The molecule has 1 N–H and O–H groups in total. The fourth-order valence-electron chi connectivity index (χ4n) is 4.31. The second kappa shape index (κ2) is 21.5. The van der Waals surface area contributed by atoms with E-state index in [1.54, 1.807) is 0 Å². The molecule has 4 nitrogen and oxygen atoms in total. The first kappa shape index (κ1) is 30.7. The van der Waals surface area contributed by atoms with E-state index >= 15 is 0 Å². The number of carboxylic acids is 1. The number of aliphatic carboxylic acids is 1. The topological polar surface area (TPSA) is 69.2 Å². The molecule has 1 fully saturated rings. The molecule has 174 valence electrons. The van der Waals surface area contributed by atoms with Gasteiger partial charge < -0.3 is 15.2 Å². The Balaban J connectivity index is 0.00000900. The SMILES string of the molecule is CCCCCCCC/C=C\CCCCCCCC(=O)NCC1CCC(C(=O)[O-])CC1.[Na+]. The first-order valence-corrected chi connectivity index (χ1v) is 12.8. The van der Waals surface area contributed by atoms with E-state index in [-0.39, 0.29) is 41.4 Å². The molecule has 0 saturated heterocycles. The number of hydrogen-bond donors (Lipinski definition) is 1. The second-order valence-electron chi connectivity index (χ2n) is 9.18. The minimum absolute atomic E-state index is 0. The number of hydrogen-bond acceptors (Lipinski definition) is 3. The molecule has 0 radical (unpaired) electrons. The van der Waals surface area contributed by atoms with E-state index in [9.17, 15) is 14.7 Å². The van der Waals surface area contributed by atoms with Crippen LogP contribution in [-0.4, -0.2) is 18.4 Å². The van der Waals surface area contributed by atoms with Crippen molar-refractivity contribution >= 4 is 11.9 Å². The Labute approximate surface area is 213 Å². The van der Waals surface area contributed by atoms with Gasteiger partial charge in [-0.1, -0.05) is 70.4 Å². The van der Waals surface area contributed by atoms with Crippen LogP contribution in [0.2, 0.25) is 0 Å². The van der Waals surface area contributed by atoms with E-state index < -0.39 is 5.97 Å². The summed E-state index contributed by atoms with van der Waals surface area (Å²) < 4.78 is 0. The van der Waals surface area contributed by atoms with Gasteiger partial charge in [0.1, 0.15) is 0 Å². The Bertz CT molecular complexity index is 473. The summed E-state index contributed by atoms with van der Waals surface area (Å²) in [5.41, 5.74) is 0. The third kappa shape index (κ3) is 17.9. The molecule has 0 atom stereocenters. The summed E-state index contributed by atoms with van der Waals surface area (Å²) in [6, 6.07) is 0. The Morgan fingerprint density at radius 1 is 0.806 bits per heavy atom. The average molecular weight is 444 g/mol. The maximum atomic E-state index is 12.0. The number of amides is 1. The van der Waals surface area contributed by atoms with Crippen LogP contribution in [0.5, 0.6) is 0 Å². The van der Waals surface area contributed by atoms with E-state index in [1.807, 2.05) is 0 Å².